The molecule has 8 nitrogen and oxygen atoms in total. The lowest BCUT2D eigenvalue weighted by atomic mass is 10.4. The molecule has 2 aromatic rings. The molecular weight excluding hydrogens is 282 g/mol. The first kappa shape index (κ1) is 14.0. The topological polar surface area (TPSA) is 115 Å². The minimum atomic E-state index is -0.685. The van der Waals surface area contributed by atoms with Gasteiger partial charge in [-0.15, -0.1) is 5.10 Å². The molecule has 20 heavy (non-hydrogen) atoms. The van der Waals surface area contributed by atoms with Gasteiger partial charge in [0, 0.05) is 17.5 Å². The van der Waals surface area contributed by atoms with Crippen LogP contribution in [0.3, 0.4) is 0 Å². The van der Waals surface area contributed by atoms with Gasteiger partial charge in [0.2, 0.25) is 0 Å². The number of nitrogens with zero attached hydrogens (tertiary/aromatic N) is 5. The first-order valence-electron chi connectivity index (χ1n) is 5.56. The number of carbonyl (C=O) groups excluding carboxylic acids is 1. The van der Waals surface area contributed by atoms with Crippen LogP contribution in [0.25, 0.3) is 0 Å². The van der Waals surface area contributed by atoms with E-state index in [1.54, 1.807) is 19.9 Å². The van der Waals surface area contributed by atoms with Crippen LogP contribution in [0.5, 0.6) is 0 Å². The number of carbonyl (C=O) groups is 1. The van der Waals surface area contributed by atoms with Gasteiger partial charge in [0.1, 0.15) is 11.8 Å². The van der Waals surface area contributed by atoms with Crippen LogP contribution < -0.4 is 0 Å². The first-order valence-corrected chi connectivity index (χ1v) is 6.38. The molecule has 0 spiro atoms. The molecule has 0 saturated heterocycles. The van der Waals surface area contributed by atoms with Crippen LogP contribution in [0.15, 0.2) is 20.9 Å². The van der Waals surface area contributed by atoms with Gasteiger partial charge in [0.15, 0.2) is 5.16 Å². The highest BCUT2D eigenvalue weighted by Crippen LogP contribution is 2.23. The highest BCUT2D eigenvalue weighted by Gasteiger charge is 2.17. The van der Waals surface area contributed by atoms with E-state index in [1.807, 2.05) is 6.07 Å². The second-order valence-electron chi connectivity index (χ2n) is 3.48. The normalized spacial score (nSPS) is 10.1. The molecule has 9 heteroatoms. The van der Waals surface area contributed by atoms with Gasteiger partial charge in [0.05, 0.1) is 6.61 Å². The summed E-state index contributed by atoms with van der Waals surface area (Å²) in [4.78, 5) is 19.5. The number of aromatic nitrogens is 4. The van der Waals surface area contributed by atoms with Crippen molar-refractivity contribution in [2.24, 2.45) is 0 Å². The van der Waals surface area contributed by atoms with E-state index in [1.165, 1.54) is 0 Å². The molecule has 0 aliphatic rings. The van der Waals surface area contributed by atoms with Crippen molar-refractivity contribution in [1.29, 1.82) is 5.26 Å². The summed E-state index contributed by atoms with van der Waals surface area (Å²) in [5.74, 6) is -0.919. The number of aryl methyl sites for hydroxylation is 1. The van der Waals surface area contributed by atoms with Gasteiger partial charge in [-0.2, -0.15) is 5.26 Å². The summed E-state index contributed by atoms with van der Waals surface area (Å²) >= 11 is 0.966. The van der Waals surface area contributed by atoms with E-state index >= 15 is 0 Å². The van der Waals surface area contributed by atoms with Crippen molar-refractivity contribution in [3.8, 4) is 6.07 Å². The van der Waals surface area contributed by atoms with Crippen LogP contribution in [0, 0.1) is 18.3 Å². The van der Waals surface area contributed by atoms with Crippen molar-refractivity contribution in [2.45, 2.75) is 24.2 Å². The second-order valence-corrected chi connectivity index (χ2v) is 4.40. The zero-order valence-electron chi connectivity index (χ0n) is 10.7. The zero-order chi connectivity index (χ0) is 14.5. The minimum Gasteiger partial charge on any atom is -0.459 e. The fraction of sp³-hybridized carbons (Fsp3) is 0.273. The Balaban J connectivity index is 2.17. The average Bonchev–Trinajstić information content (AvgIpc) is 2.87. The largest absolute Gasteiger partial charge is 0.459 e. The maximum Gasteiger partial charge on any atom is 0.396 e. The van der Waals surface area contributed by atoms with E-state index in [9.17, 15) is 4.79 Å². The molecule has 0 atom stereocenters. The fourth-order valence-electron chi connectivity index (χ4n) is 1.25. The summed E-state index contributed by atoms with van der Waals surface area (Å²) in [5.41, 5.74) is 0.884. The lowest BCUT2D eigenvalue weighted by Crippen LogP contribution is -2.04. The van der Waals surface area contributed by atoms with Crippen molar-refractivity contribution in [2.75, 3.05) is 6.61 Å². The number of ether oxygens (including phenoxy) is 1. The van der Waals surface area contributed by atoms with Gasteiger partial charge < -0.3 is 9.15 Å². The predicted octanol–water partition coefficient (Wildman–Crippen LogP) is 1.37. The Morgan fingerprint density at radius 2 is 2.30 bits per heavy atom. The molecule has 0 radical (unpaired) electrons. The lowest BCUT2D eigenvalue weighted by molar-refractivity contribution is 0.0475. The number of hydrogen-bond acceptors (Lipinski definition) is 9. The summed E-state index contributed by atoms with van der Waals surface area (Å²) < 4.78 is 9.85. The Kier molecular flexibility index (Phi) is 4.27. The molecule has 2 rings (SSSR count). The Hall–Kier alpha value is -2.47. The number of rotatable bonds is 4. The highest BCUT2D eigenvalue weighted by atomic mass is 32.2. The summed E-state index contributed by atoms with van der Waals surface area (Å²) in [5, 5.41) is 16.5. The number of hydrogen-bond donors (Lipinski definition) is 0. The molecular formula is C11H9N5O3S. The standard InChI is InChI=1S/C11H9N5O3S/c1-3-18-9(17)8-15-16-11(19-8)20-10-13-6(2)4-7(5-12)14-10/h4H,3H2,1-2H3. The average molecular weight is 291 g/mol. The summed E-state index contributed by atoms with van der Waals surface area (Å²) in [6, 6.07) is 3.49. The molecule has 0 amide bonds. The number of esters is 1. The van der Waals surface area contributed by atoms with E-state index in [0.717, 1.165) is 11.8 Å². The molecule has 0 aliphatic carbocycles. The monoisotopic (exact) mass is 291 g/mol. The molecule has 0 aromatic carbocycles. The molecule has 0 aliphatic heterocycles. The lowest BCUT2D eigenvalue weighted by Gasteiger charge is -1.98. The maximum absolute atomic E-state index is 11.4. The van der Waals surface area contributed by atoms with Crippen LogP contribution in [-0.4, -0.2) is 32.7 Å². The third kappa shape index (κ3) is 3.30. The smallest absolute Gasteiger partial charge is 0.396 e. The van der Waals surface area contributed by atoms with Gasteiger partial charge >= 0.3 is 11.9 Å². The Morgan fingerprint density at radius 3 is 3.00 bits per heavy atom. The van der Waals surface area contributed by atoms with Crippen LogP contribution in [0.2, 0.25) is 0 Å². The Morgan fingerprint density at radius 1 is 1.50 bits per heavy atom. The van der Waals surface area contributed by atoms with Crippen LogP contribution in [0.4, 0.5) is 0 Å². The Labute approximate surface area is 118 Å². The van der Waals surface area contributed by atoms with Crippen molar-refractivity contribution in [3.05, 3.63) is 23.3 Å². The predicted molar refractivity (Wildman–Crippen MR) is 65.9 cm³/mol. The molecule has 2 aromatic heterocycles. The third-order valence-electron chi connectivity index (χ3n) is 1.98. The highest BCUT2D eigenvalue weighted by molar-refractivity contribution is 7.98. The maximum atomic E-state index is 11.4. The van der Waals surface area contributed by atoms with Gasteiger partial charge in [-0.1, -0.05) is 5.10 Å². The molecule has 0 saturated carbocycles. The van der Waals surface area contributed by atoms with E-state index in [4.69, 9.17) is 14.4 Å². The third-order valence-corrected chi connectivity index (χ3v) is 2.69. The summed E-state index contributed by atoms with van der Waals surface area (Å²) in [7, 11) is 0. The molecule has 0 N–H and O–H groups in total. The van der Waals surface area contributed by atoms with Crippen LogP contribution >= 0.6 is 11.8 Å². The summed E-state index contributed by atoms with van der Waals surface area (Å²) in [6.07, 6.45) is 0. The van der Waals surface area contributed by atoms with Gasteiger partial charge in [0.25, 0.3) is 5.22 Å². The Bertz CT molecular complexity index is 679. The molecule has 2 heterocycles. The van der Waals surface area contributed by atoms with Crippen LogP contribution in [-0.2, 0) is 4.74 Å². The van der Waals surface area contributed by atoms with E-state index < -0.39 is 5.97 Å². The molecule has 102 valence electrons. The van der Waals surface area contributed by atoms with E-state index in [0.29, 0.717) is 10.9 Å². The van der Waals surface area contributed by atoms with Crippen LogP contribution in [0.1, 0.15) is 29.0 Å². The van der Waals surface area contributed by atoms with Crippen molar-refractivity contribution >= 4 is 17.7 Å². The first-order chi connectivity index (χ1) is 9.62. The van der Waals surface area contributed by atoms with Gasteiger partial charge in [-0.05, 0) is 19.9 Å². The van der Waals surface area contributed by atoms with Crippen molar-refractivity contribution < 1.29 is 13.9 Å². The van der Waals surface area contributed by atoms with Crippen molar-refractivity contribution in [1.82, 2.24) is 20.2 Å². The van der Waals surface area contributed by atoms with E-state index in [-0.39, 0.29) is 23.4 Å². The molecule has 0 bridgehead atoms. The second kappa shape index (κ2) is 6.12. The van der Waals surface area contributed by atoms with Gasteiger partial charge in [-0.25, -0.2) is 14.8 Å². The SMILES string of the molecule is CCOC(=O)c1nnc(Sc2nc(C)cc(C#N)n2)o1. The van der Waals surface area contributed by atoms with E-state index in [2.05, 4.69) is 20.2 Å². The zero-order valence-corrected chi connectivity index (χ0v) is 11.5. The van der Waals surface area contributed by atoms with Crippen molar-refractivity contribution in [3.63, 3.8) is 0 Å². The number of nitriles is 1. The summed E-state index contributed by atoms with van der Waals surface area (Å²) in [6.45, 7) is 3.63. The molecule has 0 fully saturated rings. The minimum absolute atomic E-state index is 0.0996. The fourth-order valence-corrected chi connectivity index (χ4v) is 1.94. The van der Waals surface area contributed by atoms with Gasteiger partial charge in [-0.3, -0.25) is 0 Å². The quantitative estimate of drug-likeness (QED) is 0.608. The molecule has 0 unspecified atom stereocenters.